The molecule has 5 aromatic rings. The van der Waals surface area contributed by atoms with Crippen LogP contribution in [0.1, 0.15) is 67.4 Å². The third-order valence-electron chi connectivity index (χ3n) is 8.07. The number of rotatable bonds is 6. The molecule has 1 aliphatic rings. The summed E-state index contributed by atoms with van der Waals surface area (Å²) in [4.78, 5) is 0. The number of nitrogens with zero attached hydrogens (tertiary/aromatic N) is 1. The lowest BCUT2D eigenvalue weighted by Gasteiger charge is -2.34. The molecule has 0 amide bonds. The Labute approximate surface area is 233 Å². The zero-order chi connectivity index (χ0) is 27.0. The van der Waals surface area contributed by atoms with Crippen molar-refractivity contribution in [3.63, 3.8) is 0 Å². The van der Waals surface area contributed by atoms with E-state index in [0.29, 0.717) is 11.8 Å². The lowest BCUT2D eigenvalue weighted by atomic mass is 9.93. The van der Waals surface area contributed by atoms with E-state index in [1.165, 1.54) is 49.7 Å². The van der Waals surface area contributed by atoms with E-state index >= 15 is 0 Å². The Hall–Kier alpha value is -3.67. The highest BCUT2D eigenvalue weighted by atomic mass is 31.2. The second kappa shape index (κ2) is 10.5. The van der Waals surface area contributed by atoms with Crippen LogP contribution in [0, 0.1) is 0 Å². The van der Waals surface area contributed by atoms with E-state index in [-0.39, 0.29) is 5.66 Å². The lowest BCUT2D eigenvalue weighted by molar-refractivity contribution is 0.835. The van der Waals surface area contributed by atoms with Crippen LogP contribution in [0.25, 0.3) is 11.1 Å². The summed E-state index contributed by atoms with van der Waals surface area (Å²) < 4.78 is 6.16. The van der Waals surface area contributed by atoms with Gasteiger partial charge in [0.25, 0.3) is 0 Å². The third kappa shape index (κ3) is 4.30. The van der Waals surface area contributed by atoms with Gasteiger partial charge in [0, 0.05) is 7.05 Å². The molecule has 0 N–H and O–H groups in total. The van der Waals surface area contributed by atoms with E-state index in [1.54, 1.807) is 0 Å². The maximum absolute atomic E-state index is 6.16. The molecule has 0 aliphatic heterocycles. The standard InChI is InChI=1S/C37H36NP/c1-26(2)30-24-15-25-31(27(3)4)36(30)38-39(28-16-7-5-8-17-28,29-18-9-6-10-19-29)37-34-22-13-11-20-32(34)33-21-12-14-23-35(33)37/h5-27,37H,1-4H3. The van der Waals surface area contributed by atoms with Crippen molar-refractivity contribution in [2.75, 3.05) is 0 Å². The Bertz CT molecular complexity index is 1550. The van der Waals surface area contributed by atoms with Crippen LogP contribution in [0.2, 0.25) is 0 Å². The monoisotopic (exact) mass is 525 g/mol. The van der Waals surface area contributed by atoms with Gasteiger partial charge in [-0.15, -0.1) is 0 Å². The van der Waals surface area contributed by atoms with Gasteiger partial charge >= 0.3 is 0 Å². The van der Waals surface area contributed by atoms with E-state index in [4.69, 9.17) is 4.74 Å². The van der Waals surface area contributed by atoms with Crippen molar-refractivity contribution >= 4 is 23.4 Å². The smallest absolute Gasteiger partial charge is 0.0690 e. The molecule has 1 nitrogen and oxygen atoms in total. The van der Waals surface area contributed by atoms with Crippen LogP contribution in [0.4, 0.5) is 5.69 Å². The van der Waals surface area contributed by atoms with Gasteiger partial charge in [0.05, 0.1) is 11.3 Å². The number of benzene rings is 5. The van der Waals surface area contributed by atoms with E-state index in [0.717, 1.165) is 0 Å². The second-order valence-corrected chi connectivity index (χ2v) is 14.2. The van der Waals surface area contributed by atoms with Crippen LogP contribution in [-0.2, 0) is 0 Å². The fraction of sp³-hybridized carbons (Fsp3) is 0.189. The van der Waals surface area contributed by atoms with Gasteiger partial charge in [-0.25, -0.2) is 0 Å². The Morgan fingerprint density at radius 3 is 1.33 bits per heavy atom. The van der Waals surface area contributed by atoms with E-state index in [9.17, 15) is 0 Å². The molecule has 0 fully saturated rings. The van der Waals surface area contributed by atoms with Crippen molar-refractivity contribution in [1.29, 1.82) is 0 Å². The molecule has 0 spiro atoms. The molecule has 194 valence electrons. The van der Waals surface area contributed by atoms with Gasteiger partial charge in [-0.05, 0) is 55.8 Å². The maximum atomic E-state index is 6.16. The highest BCUT2D eigenvalue weighted by molar-refractivity contribution is 7.81. The molecule has 0 unspecified atom stereocenters. The SMILES string of the molecule is CC(C)c1cccc(C(C)C)c1N=P(c1ccccc1)(c1ccccc1)C1c2ccccc2-c2ccccc21. The minimum Gasteiger partial charge on any atom is -0.257 e. The van der Waals surface area contributed by atoms with Gasteiger partial charge in [0.15, 0.2) is 0 Å². The minimum atomic E-state index is -2.44. The molecule has 2 heteroatoms. The average Bonchev–Trinajstić information content (AvgIpc) is 3.31. The summed E-state index contributed by atoms with van der Waals surface area (Å²) in [6, 6.07) is 47.1. The number of hydrogen-bond acceptors (Lipinski definition) is 1. The van der Waals surface area contributed by atoms with E-state index in [2.05, 4.69) is 155 Å². The van der Waals surface area contributed by atoms with Gasteiger partial charge < -0.3 is 0 Å². The molecule has 0 saturated carbocycles. The predicted octanol–water partition coefficient (Wildman–Crippen LogP) is 10.2. The Balaban J connectivity index is 1.84. The molecule has 0 bridgehead atoms. The van der Waals surface area contributed by atoms with Crippen molar-refractivity contribution < 1.29 is 0 Å². The summed E-state index contributed by atoms with van der Waals surface area (Å²) in [5.41, 5.74) is 9.43. The van der Waals surface area contributed by atoms with Crippen LogP contribution in [0.3, 0.4) is 0 Å². The van der Waals surface area contributed by atoms with Crippen LogP contribution in [-0.4, -0.2) is 0 Å². The van der Waals surface area contributed by atoms with Crippen molar-refractivity contribution in [3.05, 3.63) is 150 Å². The Morgan fingerprint density at radius 2 is 0.897 bits per heavy atom. The zero-order valence-corrected chi connectivity index (χ0v) is 24.1. The molecule has 0 atom stereocenters. The molecule has 0 radical (unpaired) electrons. The largest absolute Gasteiger partial charge is 0.257 e. The normalized spacial score (nSPS) is 13.0. The first-order chi connectivity index (χ1) is 19.0. The minimum absolute atomic E-state index is 0.134. The Kier molecular flexibility index (Phi) is 6.88. The lowest BCUT2D eigenvalue weighted by Crippen LogP contribution is -2.21. The number of fused-ring (bicyclic) bond motifs is 3. The van der Waals surface area contributed by atoms with Gasteiger partial charge in [-0.3, -0.25) is 4.74 Å². The van der Waals surface area contributed by atoms with Gasteiger partial charge in [0.1, 0.15) is 0 Å². The van der Waals surface area contributed by atoms with Crippen LogP contribution >= 0.6 is 7.05 Å². The average molecular weight is 526 g/mol. The summed E-state index contributed by atoms with van der Waals surface area (Å²) in [6.45, 7) is 9.18. The van der Waals surface area contributed by atoms with Gasteiger partial charge in [0.2, 0.25) is 0 Å². The van der Waals surface area contributed by atoms with Crippen molar-refractivity contribution in [2.45, 2.75) is 45.2 Å². The van der Waals surface area contributed by atoms with E-state index in [1.807, 2.05) is 0 Å². The highest BCUT2D eigenvalue weighted by Gasteiger charge is 2.42. The fourth-order valence-electron chi connectivity index (χ4n) is 6.25. The summed E-state index contributed by atoms with van der Waals surface area (Å²) in [5, 5.41) is 2.64. The summed E-state index contributed by atoms with van der Waals surface area (Å²) in [5.74, 6) is 0.748. The van der Waals surface area contributed by atoms with Crippen molar-refractivity contribution in [1.82, 2.24) is 0 Å². The topological polar surface area (TPSA) is 12.4 Å². The first-order valence-electron chi connectivity index (χ1n) is 14.1. The maximum Gasteiger partial charge on any atom is 0.0690 e. The molecule has 1 aliphatic carbocycles. The Morgan fingerprint density at radius 1 is 0.487 bits per heavy atom. The van der Waals surface area contributed by atoms with Crippen LogP contribution < -0.4 is 10.6 Å². The molecule has 39 heavy (non-hydrogen) atoms. The molecular weight excluding hydrogens is 489 g/mol. The zero-order valence-electron chi connectivity index (χ0n) is 23.3. The van der Waals surface area contributed by atoms with E-state index < -0.39 is 7.05 Å². The quantitative estimate of drug-likeness (QED) is 0.196. The van der Waals surface area contributed by atoms with Gasteiger partial charge in [-0.1, -0.05) is 155 Å². The van der Waals surface area contributed by atoms with Crippen LogP contribution in [0.5, 0.6) is 0 Å². The third-order valence-corrected chi connectivity index (χ3v) is 12.1. The van der Waals surface area contributed by atoms with Gasteiger partial charge in [-0.2, -0.15) is 0 Å². The first kappa shape index (κ1) is 25.6. The fourth-order valence-corrected chi connectivity index (χ4v) is 10.5. The van der Waals surface area contributed by atoms with Crippen molar-refractivity contribution in [2.24, 2.45) is 4.74 Å². The molecule has 0 saturated heterocycles. The number of hydrogen-bond donors (Lipinski definition) is 0. The van der Waals surface area contributed by atoms with Crippen LogP contribution in [0.15, 0.2) is 132 Å². The molecule has 6 rings (SSSR count). The highest BCUT2D eigenvalue weighted by Crippen LogP contribution is 2.69. The molecule has 0 aromatic heterocycles. The molecule has 5 aromatic carbocycles. The summed E-state index contributed by atoms with van der Waals surface area (Å²) in [7, 11) is -2.44. The predicted molar refractivity (Wildman–Crippen MR) is 170 cm³/mol. The molecule has 0 heterocycles. The second-order valence-electron chi connectivity index (χ2n) is 11.1. The summed E-state index contributed by atoms with van der Waals surface area (Å²) in [6.07, 6.45) is 0. The molecular formula is C37H36NP. The van der Waals surface area contributed by atoms with Crippen molar-refractivity contribution in [3.8, 4) is 11.1 Å². The first-order valence-corrected chi connectivity index (χ1v) is 15.9. The summed E-state index contributed by atoms with van der Waals surface area (Å²) >= 11 is 0.